The van der Waals surface area contributed by atoms with E-state index in [-0.39, 0.29) is 0 Å². The van der Waals surface area contributed by atoms with Crippen molar-refractivity contribution >= 4 is 28.0 Å². The van der Waals surface area contributed by atoms with Crippen LogP contribution in [0.15, 0.2) is 22.7 Å². The third kappa shape index (κ3) is 5.88. The van der Waals surface area contributed by atoms with Crippen LogP contribution in [0.2, 0.25) is 0 Å². The highest BCUT2D eigenvalue weighted by molar-refractivity contribution is 9.10. The smallest absolute Gasteiger partial charge is 0.328 e. The summed E-state index contributed by atoms with van der Waals surface area (Å²) in [5.74, 6) is 0.0829. The number of benzene rings is 1. The van der Waals surface area contributed by atoms with Crippen LogP contribution in [0.1, 0.15) is 24.8 Å². The fourth-order valence-corrected chi connectivity index (χ4v) is 2.20. The predicted octanol–water partition coefficient (Wildman–Crippen LogP) is 3.63. The molecule has 0 radical (unpaired) electrons. The summed E-state index contributed by atoms with van der Waals surface area (Å²) < 4.78 is 11.6. The van der Waals surface area contributed by atoms with Gasteiger partial charge < -0.3 is 14.6 Å². The average Bonchev–Trinajstić information content (AvgIpc) is 2.46. The molecule has 0 bridgehead atoms. The number of nitriles is 1. The van der Waals surface area contributed by atoms with Crippen LogP contribution in [0.3, 0.4) is 0 Å². The zero-order chi connectivity index (χ0) is 15.7. The van der Waals surface area contributed by atoms with Gasteiger partial charge in [-0.2, -0.15) is 5.26 Å². The van der Waals surface area contributed by atoms with Crippen molar-refractivity contribution in [3.8, 4) is 17.6 Å². The molecule has 1 aromatic rings. The zero-order valence-electron chi connectivity index (χ0n) is 11.6. The normalized spacial score (nSPS) is 10.3. The van der Waals surface area contributed by atoms with Crippen molar-refractivity contribution in [2.45, 2.75) is 19.3 Å². The number of aliphatic carboxylic acids is 1. The molecule has 0 saturated carbocycles. The van der Waals surface area contributed by atoms with Gasteiger partial charge in [-0.3, -0.25) is 0 Å². The molecule has 0 aliphatic carbocycles. The van der Waals surface area contributed by atoms with Crippen molar-refractivity contribution in [1.82, 2.24) is 0 Å². The number of unbranched alkanes of at least 4 members (excludes halogenated alkanes) is 2. The minimum absolute atomic E-state index is 0.487. The summed E-state index contributed by atoms with van der Waals surface area (Å²) >= 11 is 3.39. The standard InChI is InChI=1S/C15H16BrNO4/c1-20-13-10-11(5-6-14(18)19)9-12(16)15(13)21-8-4-2-3-7-17/h5-6,9-10H,2-4,8H2,1H3,(H,18,19). The molecule has 5 nitrogen and oxygen atoms in total. The Morgan fingerprint density at radius 3 is 2.86 bits per heavy atom. The molecule has 0 fully saturated rings. The van der Waals surface area contributed by atoms with Crippen LogP contribution in [-0.4, -0.2) is 24.8 Å². The van der Waals surface area contributed by atoms with Crippen molar-refractivity contribution in [3.63, 3.8) is 0 Å². The van der Waals surface area contributed by atoms with Crippen LogP contribution >= 0.6 is 15.9 Å². The quantitative estimate of drug-likeness (QED) is 0.570. The Morgan fingerprint density at radius 1 is 1.48 bits per heavy atom. The molecule has 0 unspecified atom stereocenters. The molecule has 0 heterocycles. The number of rotatable bonds is 8. The Labute approximate surface area is 131 Å². The van der Waals surface area contributed by atoms with E-state index in [9.17, 15) is 4.79 Å². The summed E-state index contributed by atoms with van der Waals surface area (Å²) in [6.45, 7) is 0.487. The fourth-order valence-electron chi connectivity index (χ4n) is 1.62. The lowest BCUT2D eigenvalue weighted by atomic mass is 10.2. The number of nitrogens with zero attached hydrogens (tertiary/aromatic N) is 1. The van der Waals surface area contributed by atoms with Gasteiger partial charge in [-0.25, -0.2) is 4.79 Å². The Bertz CT molecular complexity index is 564. The van der Waals surface area contributed by atoms with Gasteiger partial charge in [0.25, 0.3) is 0 Å². The van der Waals surface area contributed by atoms with E-state index in [0.29, 0.717) is 34.6 Å². The van der Waals surface area contributed by atoms with Crippen LogP contribution in [-0.2, 0) is 4.79 Å². The Morgan fingerprint density at radius 2 is 2.24 bits per heavy atom. The lowest BCUT2D eigenvalue weighted by Crippen LogP contribution is -2.00. The second-order valence-electron chi connectivity index (χ2n) is 4.17. The summed E-state index contributed by atoms with van der Waals surface area (Å²) in [7, 11) is 1.52. The largest absolute Gasteiger partial charge is 0.493 e. The first-order valence-corrected chi connectivity index (χ1v) is 7.16. The molecule has 0 aliphatic rings. The molecule has 6 heteroatoms. The molecule has 0 spiro atoms. The molecule has 1 N–H and O–H groups in total. The van der Waals surface area contributed by atoms with Crippen LogP contribution < -0.4 is 9.47 Å². The highest BCUT2D eigenvalue weighted by atomic mass is 79.9. The maximum Gasteiger partial charge on any atom is 0.328 e. The Kier molecular flexibility index (Phi) is 7.33. The van der Waals surface area contributed by atoms with E-state index >= 15 is 0 Å². The predicted molar refractivity (Wildman–Crippen MR) is 82.3 cm³/mol. The molecule has 1 rings (SSSR count). The number of carboxylic acid groups (broad SMARTS) is 1. The molecule has 112 valence electrons. The monoisotopic (exact) mass is 353 g/mol. The van der Waals surface area contributed by atoms with E-state index in [1.807, 2.05) is 0 Å². The Hall–Kier alpha value is -2.00. The summed E-state index contributed by atoms with van der Waals surface area (Å²) in [6.07, 6.45) is 4.62. The van der Waals surface area contributed by atoms with Gasteiger partial charge in [0, 0.05) is 12.5 Å². The number of ether oxygens (including phenoxy) is 2. The molecule has 0 atom stereocenters. The third-order valence-electron chi connectivity index (χ3n) is 2.60. The first-order valence-electron chi connectivity index (χ1n) is 6.36. The highest BCUT2D eigenvalue weighted by Gasteiger charge is 2.11. The van der Waals surface area contributed by atoms with Gasteiger partial charge in [-0.1, -0.05) is 0 Å². The first kappa shape index (κ1) is 17.1. The van der Waals surface area contributed by atoms with Gasteiger partial charge in [0.05, 0.1) is 24.3 Å². The van der Waals surface area contributed by atoms with Crippen LogP contribution in [0, 0.1) is 11.3 Å². The SMILES string of the molecule is COc1cc(C=CC(=O)O)cc(Br)c1OCCCCC#N. The van der Waals surface area contributed by atoms with Crippen LogP contribution in [0.5, 0.6) is 11.5 Å². The van der Waals surface area contributed by atoms with Gasteiger partial charge in [-0.15, -0.1) is 0 Å². The maximum absolute atomic E-state index is 10.5. The van der Waals surface area contributed by atoms with Gasteiger partial charge in [-0.05, 0) is 52.5 Å². The molecule has 21 heavy (non-hydrogen) atoms. The second kappa shape index (κ2) is 9.03. The molecular weight excluding hydrogens is 338 g/mol. The highest BCUT2D eigenvalue weighted by Crippen LogP contribution is 2.37. The van der Waals surface area contributed by atoms with Crippen molar-refractivity contribution in [3.05, 3.63) is 28.2 Å². The number of carboxylic acids is 1. The fraction of sp³-hybridized carbons (Fsp3) is 0.333. The van der Waals surface area contributed by atoms with Crippen molar-refractivity contribution in [2.24, 2.45) is 0 Å². The van der Waals surface area contributed by atoms with E-state index < -0.39 is 5.97 Å². The van der Waals surface area contributed by atoms with Gasteiger partial charge >= 0.3 is 5.97 Å². The Balaban J connectivity index is 2.80. The molecule has 0 aromatic heterocycles. The van der Waals surface area contributed by atoms with Crippen molar-refractivity contribution in [2.75, 3.05) is 13.7 Å². The average molecular weight is 354 g/mol. The van der Waals surface area contributed by atoms with E-state index in [0.717, 1.165) is 18.9 Å². The minimum atomic E-state index is -1.01. The number of carbonyl (C=O) groups is 1. The molecule has 1 aromatic carbocycles. The number of halogens is 1. The van der Waals surface area contributed by atoms with Crippen molar-refractivity contribution in [1.29, 1.82) is 5.26 Å². The molecule has 0 saturated heterocycles. The first-order chi connectivity index (χ1) is 10.1. The van der Waals surface area contributed by atoms with E-state index in [1.54, 1.807) is 12.1 Å². The van der Waals surface area contributed by atoms with Crippen LogP contribution in [0.4, 0.5) is 0 Å². The third-order valence-corrected chi connectivity index (χ3v) is 3.19. The van der Waals surface area contributed by atoms with E-state index in [2.05, 4.69) is 22.0 Å². The lowest BCUT2D eigenvalue weighted by Gasteiger charge is -2.13. The minimum Gasteiger partial charge on any atom is -0.493 e. The van der Waals surface area contributed by atoms with Gasteiger partial charge in [0.1, 0.15) is 0 Å². The lowest BCUT2D eigenvalue weighted by molar-refractivity contribution is -0.131. The summed E-state index contributed by atoms with van der Waals surface area (Å²) in [5, 5.41) is 17.1. The zero-order valence-corrected chi connectivity index (χ0v) is 13.2. The number of hydrogen-bond acceptors (Lipinski definition) is 4. The topological polar surface area (TPSA) is 79.6 Å². The summed E-state index contributed by atoms with van der Waals surface area (Å²) in [4.78, 5) is 10.5. The van der Waals surface area contributed by atoms with Gasteiger partial charge in [0.15, 0.2) is 11.5 Å². The number of methoxy groups -OCH3 is 1. The second-order valence-corrected chi connectivity index (χ2v) is 5.02. The van der Waals surface area contributed by atoms with Crippen molar-refractivity contribution < 1.29 is 19.4 Å². The van der Waals surface area contributed by atoms with Crippen LogP contribution in [0.25, 0.3) is 6.08 Å². The van der Waals surface area contributed by atoms with E-state index in [4.69, 9.17) is 19.8 Å². The molecule has 0 amide bonds. The summed E-state index contributed by atoms with van der Waals surface area (Å²) in [6, 6.07) is 5.55. The molecule has 0 aliphatic heterocycles. The maximum atomic E-state index is 10.5. The summed E-state index contributed by atoms with van der Waals surface area (Å²) in [5.41, 5.74) is 0.693. The van der Waals surface area contributed by atoms with E-state index in [1.165, 1.54) is 13.2 Å². The van der Waals surface area contributed by atoms with Gasteiger partial charge in [0.2, 0.25) is 0 Å². The molecular formula is C15H16BrNO4. The number of hydrogen-bond donors (Lipinski definition) is 1.